The number of rotatable bonds is 6. The van der Waals surface area contributed by atoms with E-state index in [1.54, 1.807) is 43.3 Å². The number of nitrogens with zero attached hydrogens (tertiary/aromatic N) is 3. The molecule has 1 atom stereocenters. The zero-order valence-corrected chi connectivity index (χ0v) is 15.6. The van der Waals surface area contributed by atoms with Gasteiger partial charge in [-0.3, -0.25) is 9.48 Å². The van der Waals surface area contributed by atoms with E-state index in [0.29, 0.717) is 11.6 Å². The van der Waals surface area contributed by atoms with Gasteiger partial charge in [-0.05, 0) is 31.7 Å². The molecule has 0 fully saturated rings. The van der Waals surface area contributed by atoms with Gasteiger partial charge >= 0.3 is 0 Å². The highest BCUT2D eigenvalue weighted by Gasteiger charge is 2.21. The first-order valence-electron chi connectivity index (χ1n) is 8.13. The van der Waals surface area contributed by atoms with E-state index in [2.05, 4.69) is 20.7 Å². The highest BCUT2D eigenvalue weighted by Crippen LogP contribution is 2.26. The van der Waals surface area contributed by atoms with Crippen LogP contribution in [0, 0.1) is 12.7 Å². The van der Waals surface area contributed by atoms with Gasteiger partial charge < -0.3 is 10.6 Å². The van der Waals surface area contributed by atoms with Crippen molar-refractivity contribution in [2.45, 2.75) is 19.4 Å². The molecular weight excluding hydrogens is 353 g/mol. The van der Waals surface area contributed by atoms with Gasteiger partial charge in [0.2, 0.25) is 5.91 Å². The second-order valence-corrected chi connectivity index (χ2v) is 7.07. The molecule has 8 heteroatoms. The largest absolute Gasteiger partial charge is 0.305 e. The zero-order chi connectivity index (χ0) is 18.7. The first kappa shape index (κ1) is 18.2. The third-order valence-corrected chi connectivity index (χ3v) is 5.08. The van der Waals surface area contributed by atoms with E-state index in [9.17, 15) is 9.18 Å². The number of carbonyl (C=O) groups excluding carboxylic acids is 1. The van der Waals surface area contributed by atoms with Gasteiger partial charge in [0.15, 0.2) is 5.13 Å². The van der Waals surface area contributed by atoms with E-state index >= 15 is 0 Å². The van der Waals surface area contributed by atoms with Crippen molar-refractivity contribution < 1.29 is 9.18 Å². The summed E-state index contributed by atoms with van der Waals surface area (Å²) < 4.78 is 14.7. The Morgan fingerprint density at radius 2 is 2.08 bits per heavy atom. The first-order valence-corrected chi connectivity index (χ1v) is 8.95. The second-order valence-electron chi connectivity index (χ2n) is 5.99. The van der Waals surface area contributed by atoms with Crippen LogP contribution >= 0.6 is 11.3 Å². The summed E-state index contributed by atoms with van der Waals surface area (Å²) in [5, 5.41) is 10.5. The van der Waals surface area contributed by atoms with Crippen LogP contribution in [0.5, 0.6) is 0 Å². The Morgan fingerprint density at radius 1 is 1.35 bits per heavy atom. The topological polar surface area (TPSA) is 71.8 Å². The van der Waals surface area contributed by atoms with Crippen LogP contribution in [0.2, 0.25) is 0 Å². The summed E-state index contributed by atoms with van der Waals surface area (Å²) in [6, 6.07) is 5.89. The number of hydrogen-bond acceptors (Lipinski definition) is 5. The lowest BCUT2D eigenvalue weighted by Gasteiger charge is -2.12. The molecule has 6 nitrogen and oxygen atoms in total. The molecule has 1 aromatic carbocycles. The minimum Gasteiger partial charge on any atom is -0.305 e. The van der Waals surface area contributed by atoms with Crippen LogP contribution in [0.1, 0.15) is 27.7 Å². The molecule has 2 aromatic heterocycles. The molecule has 2 N–H and O–H groups in total. The molecule has 0 bridgehead atoms. The lowest BCUT2D eigenvalue weighted by atomic mass is 10.1. The fourth-order valence-corrected chi connectivity index (χ4v) is 3.65. The lowest BCUT2D eigenvalue weighted by molar-refractivity contribution is -0.118. The van der Waals surface area contributed by atoms with E-state index in [4.69, 9.17) is 0 Å². The average Bonchev–Trinajstić information content (AvgIpc) is 3.16. The zero-order valence-electron chi connectivity index (χ0n) is 14.8. The van der Waals surface area contributed by atoms with Gasteiger partial charge in [0.1, 0.15) is 11.9 Å². The summed E-state index contributed by atoms with van der Waals surface area (Å²) in [5.41, 5.74) is 2.64. The molecule has 1 amide bonds. The maximum atomic E-state index is 13.0. The van der Waals surface area contributed by atoms with Crippen LogP contribution in [0.3, 0.4) is 0 Å². The quantitative estimate of drug-likeness (QED) is 0.697. The van der Waals surface area contributed by atoms with Crippen molar-refractivity contribution in [3.8, 4) is 0 Å². The highest BCUT2D eigenvalue weighted by atomic mass is 32.1. The summed E-state index contributed by atoms with van der Waals surface area (Å²) in [5.74, 6) is -0.446. The van der Waals surface area contributed by atoms with Gasteiger partial charge in [-0.1, -0.05) is 12.1 Å². The molecule has 0 aliphatic rings. The average molecular weight is 373 g/mol. The molecule has 0 aliphatic carbocycles. The highest BCUT2D eigenvalue weighted by molar-refractivity contribution is 7.15. The summed E-state index contributed by atoms with van der Waals surface area (Å²) in [4.78, 5) is 18.1. The number of benzene rings is 1. The molecule has 136 valence electrons. The van der Waals surface area contributed by atoms with Crippen molar-refractivity contribution >= 4 is 22.4 Å². The van der Waals surface area contributed by atoms with Gasteiger partial charge in [-0.2, -0.15) is 5.10 Å². The predicted octanol–water partition coefficient (Wildman–Crippen LogP) is 2.81. The molecule has 0 saturated heterocycles. The Labute approximate surface area is 155 Å². The smallest absolute Gasteiger partial charge is 0.247 e. The van der Waals surface area contributed by atoms with Crippen molar-refractivity contribution in [2.75, 3.05) is 12.4 Å². The molecule has 26 heavy (non-hydrogen) atoms. The number of aromatic nitrogens is 3. The molecule has 2 heterocycles. The first-order chi connectivity index (χ1) is 12.5. The summed E-state index contributed by atoms with van der Waals surface area (Å²) in [6.45, 7) is 1.90. The standard InChI is InChI=1S/C18H20FN5OS/c1-11-15(8-12-4-6-14(19)7-5-12)26-18(22-11)23-17(25)16(20-2)13-9-21-24(3)10-13/h4-7,9-10,16,20H,8H2,1-3H3,(H,22,23,25). The van der Waals surface area contributed by atoms with E-state index in [1.165, 1.54) is 23.5 Å². The van der Waals surface area contributed by atoms with Gasteiger partial charge in [0, 0.05) is 30.1 Å². The molecule has 3 aromatic rings. The molecule has 0 spiro atoms. The molecule has 0 aliphatic heterocycles. The van der Waals surface area contributed by atoms with Gasteiger partial charge in [-0.15, -0.1) is 11.3 Å². The Morgan fingerprint density at radius 3 is 2.69 bits per heavy atom. The Bertz CT molecular complexity index is 903. The third kappa shape index (κ3) is 4.14. The Hall–Kier alpha value is -2.58. The SMILES string of the molecule is CNC(C(=O)Nc1nc(C)c(Cc2ccc(F)cc2)s1)c1cnn(C)c1. The number of halogens is 1. The summed E-state index contributed by atoms with van der Waals surface area (Å²) in [7, 11) is 3.53. The minimum absolute atomic E-state index is 0.192. The van der Waals surface area contributed by atoms with Gasteiger partial charge in [-0.25, -0.2) is 9.37 Å². The summed E-state index contributed by atoms with van der Waals surface area (Å²) in [6.07, 6.45) is 4.11. The van der Waals surface area contributed by atoms with E-state index < -0.39 is 6.04 Å². The van der Waals surface area contributed by atoms with Gasteiger partial charge in [0.25, 0.3) is 0 Å². The number of hydrogen-bond donors (Lipinski definition) is 2. The van der Waals surface area contributed by atoms with Crippen LogP contribution in [-0.4, -0.2) is 27.7 Å². The Balaban J connectivity index is 1.71. The number of thiazole rings is 1. The molecular formula is C18H20FN5OS. The van der Waals surface area contributed by atoms with Crippen LogP contribution < -0.4 is 10.6 Å². The number of anilines is 1. The Kier molecular flexibility index (Phi) is 5.43. The van der Waals surface area contributed by atoms with E-state index in [0.717, 1.165) is 21.7 Å². The van der Waals surface area contributed by atoms with Crippen molar-refractivity contribution in [3.63, 3.8) is 0 Å². The van der Waals surface area contributed by atoms with Crippen molar-refractivity contribution in [3.05, 3.63) is 64.2 Å². The van der Waals surface area contributed by atoms with E-state index in [1.807, 2.05) is 6.92 Å². The fraction of sp³-hybridized carbons (Fsp3) is 0.278. The van der Waals surface area contributed by atoms with Crippen molar-refractivity contribution in [1.29, 1.82) is 0 Å². The fourth-order valence-electron chi connectivity index (χ4n) is 2.65. The maximum Gasteiger partial charge on any atom is 0.247 e. The minimum atomic E-state index is -0.506. The second kappa shape index (κ2) is 7.76. The predicted molar refractivity (Wildman–Crippen MR) is 99.7 cm³/mol. The van der Waals surface area contributed by atoms with E-state index in [-0.39, 0.29) is 11.7 Å². The van der Waals surface area contributed by atoms with Crippen molar-refractivity contribution in [2.24, 2.45) is 7.05 Å². The van der Waals surface area contributed by atoms with Crippen LogP contribution in [0.4, 0.5) is 9.52 Å². The van der Waals surface area contributed by atoms with Crippen molar-refractivity contribution in [1.82, 2.24) is 20.1 Å². The molecule has 3 rings (SSSR count). The lowest BCUT2D eigenvalue weighted by Crippen LogP contribution is -2.30. The van der Waals surface area contributed by atoms with Gasteiger partial charge in [0.05, 0.1) is 11.9 Å². The molecule has 0 radical (unpaired) electrons. The third-order valence-electron chi connectivity index (χ3n) is 4.01. The van der Waals surface area contributed by atoms with Crippen LogP contribution in [0.15, 0.2) is 36.7 Å². The number of carbonyl (C=O) groups is 1. The summed E-state index contributed by atoms with van der Waals surface area (Å²) >= 11 is 1.43. The number of nitrogens with one attached hydrogen (secondary N) is 2. The molecule has 1 unspecified atom stereocenters. The van der Waals surface area contributed by atoms with Crippen LogP contribution in [-0.2, 0) is 18.3 Å². The number of likely N-dealkylation sites (N-methyl/N-ethyl adjacent to an activating group) is 1. The number of aryl methyl sites for hydroxylation is 2. The van der Waals surface area contributed by atoms with Crippen LogP contribution in [0.25, 0.3) is 0 Å². The maximum absolute atomic E-state index is 13.0. The normalized spacial score (nSPS) is 12.2. The molecule has 0 saturated carbocycles. The number of amides is 1. The monoisotopic (exact) mass is 373 g/mol.